The van der Waals surface area contributed by atoms with Gasteiger partial charge in [0.2, 0.25) is 6.61 Å². The number of fused-ring (bicyclic) bond motifs is 1. The first-order valence-electron chi connectivity index (χ1n) is 8.22. The minimum Gasteiger partial charge on any atom is -0.479 e. The molecule has 3 rings (SSSR count). The van der Waals surface area contributed by atoms with Gasteiger partial charge in [0.15, 0.2) is 10.8 Å². The number of aliphatic carboxylic acids is 2. The molecule has 2 aliphatic heterocycles. The van der Waals surface area contributed by atoms with E-state index in [1.807, 2.05) is 0 Å². The molecule has 3 heterocycles. The number of rotatable bonds is 8. The number of carboxylic acids is 2. The smallest absolute Gasteiger partial charge is 0.352 e. The molecule has 1 fully saturated rings. The number of amides is 2. The number of thioether (sulfide) groups is 1. The molecule has 1 saturated heterocycles. The summed E-state index contributed by atoms with van der Waals surface area (Å²) in [6.07, 6.45) is 1.38. The van der Waals surface area contributed by atoms with E-state index in [4.69, 9.17) is 10.8 Å². The van der Waals surface area contributed by atoms with Crippen molar-refractivity contribution in [1.82, 2.24) is 15.2 Å². The molecule has 0 aromatic carbocycles. The number of hydrogen-bond donors (Lipinski definition) is 4. The van der Waals surface area contributed by atoms with Gasteiger partial charge >= 0.3 is 11.9 Å². The molecule has 12 nitrogen and oxygen atoms in total. The lowest BCUT2D eigenvalue weighted by atomic mass is 10.0. The molecule has 1 aromatic heterocycles. The maximum atomic E-state index is 12.7. The number of carboxylic acid groups (broad SMARTS) is 2. The molecule has 2 aliphatic rings. The highest BCUT2D eigenvalue weighted by Crippen LogP contribution is 2.40. The Hall–Kier alpha value is -3.39. The number of carbonyl (C=O) groups is 4. The Morgan fingerprint density at radius 1 is 1.47 bits per heavy atom. The number of hydrogen-bond acceptors (Lipinski definition) is 10. The topological polar surface area (TPSA) is 185 Å². The van der Waals surface area contributed by atoms with Crippen LogP contribution >= 0.6 is 23.1 Å². The second kappa shape index (κ2) is 8.54. The first kappa shape index (κ1) is 21.3. The summed E-state index contributed by atoms with van der Waals surface area (Å²) in [6, 6.07) is -1.01. The number of β-lactam (4-membered cyclic amide) rings is 1. The van der Waals surface area contributed by atoms with Gasteiger partial charge in [-0.25, -0.2) is 14.6 Å². The summed E-state index contributed by atoms with van der Waals surface area (Å²) in [7, 11) is 0. The minimum atomic E-state index is -1.30. The fraction of sp³-hybridized carbons (Fsp3) is 0.250. The number of nitrogen functional groups attached to an aromatic ring is 1. The normalized spacial score (nSPS) is 20.9. The molecule has 5 N–H and O–H groups in total. The van der Waals surface area contributed by atoms with E-state index in [1.54, 1.807) is 0 Å². The van der Waals surface area contributed by atoms with Crippen LogP contribution in [0, 0.1) is 0 Å². The van der Waals surface area contributed by atoms with Crippen molar-refractivity contribution in [1.29, 1.82) is 0 Å². The molecule has 0 aliphatic carbocycles. The summed E-state index contributed by atoms with van der Waals surface area (Å²) >= 11 is 2.30. The number of nitrogens with zero attached hydrogens (tertiary/aromatic N) is 3. The van der Waals surface area contributed by atoms with E-state index in [0.29, 0.717) is 11.3 Å². The van der Waals surface area contributed by atoms with Crippen LogP contribution in [0.3, 0.4) is 0 Å². The fourth-order valence-electron chi connectivity index (χ4n) is 2.76. The molecular weight excluding hydrogens is 438 g/mol. The van der Waals surface area contributed by atoms with Crippen LogP contribution in [-0.2, 0) is 24.0 Å². The van der Waals surface area contributed by atoms with Gasteiger partial charge in [0.05, 0.1) is 0 Å². The number of allylic oxidation sites excluding steroid dienone is 1. The van der Waals surface area contributed by atoms with Gasteiger partial charge in [-0.15, -0.1) is 23.1 Å². The van der Waals surface area contributed by atoms with Gasteiger partial charge in [-0.2, -0.15) is 0 Å². The Bertz CT molecular complexity index is 1000. The first-order chi connectivity index (χ1) is 14.2. The van der Waals surface area contributed by atoms with Gasteiger partial charge in [0.25, 0.3) is 11.8 Å². The average molecular weight is 453 g/mol. The maximum absolute atomic E-state index is 12.7. The molecule has 30 heavy (non-hydrogen) atoms. The van der Waals surface area contributed by atoms with Crippen molar-refractivity contribution in [2.75, 3.05) is 18.1 Å². The number of carbonyl (C=O) groups excluding carboxylic acids is 2. The zero-order valence-corrected chi connectivity index (χ0v) is 16.7. The zero-order valence-electron chi connectivity index (χ0n) is 15.1. The van der Waals surface area contributed by atoms with E-state index in [-0.39, 0.29) is 22.2 Å². The number of aromatic nitrogens is 1. The fourth-order valence-corrected chi connectivity index (χ4v) is 4.65. The molecule has 0 spiro atoms. The molecule has 2 amide bonds. The first-order valence-corrected chi connectivity index (χ1v) is 10.1. The van der Waals surface area contributed by atoms with Crippen LogP contribution in [0.4, 0.5) is 5.13 Å². The third-order valence-corrected chi connectivity index (χ3v) is 6.03. The number of anilines is 1. The third kappa shape index (κ3) is 3.99. The van der Waals surface area contributed by atoms with Crippen LogP contribution in [0.25, 0.3) is 0 Å². The van der Waals surface area contributed by atoms with E-state index >= 15 is 0 Å². The van der Waals surface area contributed by atoms with E-state index in [9.17, 15) is 24.3 Å². The van der Waals surface area contributed by atoms with Crippen LogP contribution in [0.15, 0.2) is 34.5 Å². The van der Waals surface area contributed by atoms with Crippen LogP contribution in [0.1, 0.15) is 5.69 Å². The van der Waals surface area contributed by atoms with Gasteiger partial charge in [0, 0.05) is 11.1 Å². The Morgan fingerprint density at radius 2 is 2.20 bits per heavy atom. The number of nitrogens with one attached hydrogen (secondary N) is 1. The lowest BCUT2D eigenvalue weighted by molar-refractivity contribution is -0.150. The third-order valence-electron chi connectivity index (χ3n) is 4.06. The van der Waals surface area contributed by atoms with Crippen molar-refractivity contribution in [3.63, 3.8) is 0 Å². The van der Waals surface area contributed by atoms with Crippen molar-refractivity contribution in [3.8, 4) is 0 Å². The van der Waals surface area contributed by atoms with E-state index < -0.39 is 41.8 Å². The Kier molecular flexibility index (Phi) is 6.07. The van der Waals surface area contributed by atoms with Crippen molar-refractivity contribution in [2.24, 2.45) is 5.16 Å². The number of thiazole rings is 1. The predicted molar refractivity (Wildman–Crippen MR) is 107 cm³/mol. The van der Waals surface area contributed by atoms with Gasteiger partial charge < -0.3 is 26.1 Å². The molecule has 1 aromatic rings. The second-order valence-electron chi connectivity index (χ2n) is 5.92. The lowest BCUT2D eigenvalue weighted by Crippen LogP contribution is -2.71. The minimum absolute atomic E-state index is 0.0420. The number of oxime groups is 1. The summed E-state index contributed by atoms with van der Waals surface area (Å²) in [6.45, 7) is 2.77. The van der Waals surface area contributed by atoms with E-state index in [0.717, 1.165) is 16.2 Å². The predicted octanol–water partition coefficient (Wildman–Crippen LogP) is -0.545. The van der Waals surface area contributed by atoms with Crippen LogP contribution < -0.4 is 11.1 Å². The summed E-state index contributed by atoms with van der Waals surface area (Å²) in [5.41, 5.74) is 5.48. The van der Waals surface area contributed by atoms with Crippen molar-refractivity contribution in [3.05, 3.63) is 35.0 Å². The largest absolute Gasteiger partial charge is 0.479 e. The van der Waals surface area contributed by atoms with Crippen LogP contribution in [-0.4, -0.2) is 73.3 Å². The van der Waals surface area contributed by atoms with Crippen LogP contribution in [0.5, 0.6) is 0 Å². The summed E-state index contributed by atoms with van der Waals surface area (Å²) in [5.74, 6) is -3.72. The summed E-state index contributed by atoms with van der Waals surface area (Å²) in [4.78, 5) is 57.1. The SMILES string of the molecule is C=CC1=C(C(=O)O)N2C(=O)[C@H](NC(=O)/C(=N/OCC(=O)O)c3csc(N)n3)[C@@H]2SC1. The Balaban J connectivity index is 1.79. The molecular formula is C16H15N5O7S2. The average Bonchev–Trinajstić information content (AvgIpc) is 3.13. The second-order valence-corrected chi connectivity index (χ2v) is 7.92. The molecule has 0 bridgehead atoms. The zero-order chi connectivity index (χ0) is 22.0. The molecule has 0 unspecified atom stereocenters. The highest BCUT2D eigenvalue weighted by Gasteiger charge is 2.54. The van der Waals surface area contributed by atoms with Crippen molar-refractivity contribution < 1.29 is 34.2 Å². The highest BCUT2D eigenvalue weighted by molar-refractivity contribution is 8.00. The van der Waals surface area contributed by atoms with Crippen molar-refractivity contribution >= 4 is 57.7 Å². The summed E-state index contributed by atoms with van der Waals surface area (Å²) in [5, 5.41) is 25.0. The molecule has 158 valence electrons. The van der Waals surface area contributed by atoms with Crippen molar-refractivity contribution in [2.45, 2.75) is 11.4 Å². The van der Waals surface area contributed by atoms with E-state index in [1.165, 1.54) is 23.2 Å². The maximum Gasteiger partial charge on any atom is 0.352 e. The van der Waals surface area contributed by atoms with Gasteiger partial charge in [-0.1, -0.05) is 17.8 Å². The standard InChI is InChI=1S/C16H15N5O7S2/c1-2-6-4-29-14-10(13(25)21(14)11(6)15(26)27)19-12(24)9(20-28-3-8(22)23)7-5-30-16(17)18-7/h2,5,10,14H,1,3-4H2,(H2,17,18)(H,19,24)(H,22,23)(H,26,27)/b20-9+/t10-,14-/m0/s1. The van der Waals surface area contributed by atoms with Gasteiger partial charge in [-0.3, -0.25) is 14.5 Å². The molecule has 2 atom stereocenters. The van der Waals surface area contributed by atoms with Crippen LogP contribution in [0.2, 0.25) is 0 Å². The Labute approximate surface area is 177 Å². The highest BCUT2D eigenvalue weighted by atomic mass is 32.2. The van der Waals surface area contributed by atoms with Gasteiger partial charge in [0.1, 0.15) is 22.8 Å². The van der Waals surface area contributed by atoms with Gasteiger partial charge in [-0.05, 0) is 5.57 Å². The number of nitrogens with two attached hydrogens (primary N) is 1. The molecule has 0 radical (unpaired) electrons. The molecule has 14 heteroatoms. The monoisotopic (exact) mass is 453 g/mol. The quantitative estimate of drug-likeness (QED) is 0.226. The molecule has 0 saturated carbocycles. The Morgan fingerprint density at radius 3 is 2.77 bits per heavy atom. The lowest BCUT2D eigenvalue weighted by Gasteiger charge is -2.49. The summed E-state index contributed by atoms with van der Waals surface area (Å²) < 4.78 is 0. The van der Waals surface area contributed by atoms with E-state index in [2.05, 4.69) is 26.9 Å².